The first kappa shape index (κ1) is 20.7. The zero-order chi connectivity index (χ0) is 19.6. The molecule has 0 heterocycles. The number of amides is 2. The second-order valence-corrected chi connectivity index (χ2v) is 6.24. The lowest BCUT2D eigenvalue weighted by molar-refractivity contribution is -0.120. The number of hydrogen-bond acceptors (Lipinski definition) is 4. The van der Waals surface area contributed by atoms with Gasteiger partial charge in [0.15, 0.2) is 0 Å². The lowest BCUT2D eigenvalue weighted by Crippen LogP contribution is -2.29. The third-order valence-electron chi connectivity index (χ3n) is 3.41. The number of nitrogens with one attached hydrogen (secondary N) is 2. The Bertz CT molecular complexity index is 823. The average molecular weight is 408 g/mol. The van der Waals surface area contributed by atoms with E-state index in [0.29, 0.717) is 22.2 Å². The van der Waals surface area contributed by atoms with E-state index in [1.165, 1.54) is 12.3 Å². The fourth-order valence-electron chi connectivity index (χ4n) is 2.08. The van der Waals surface area contributed by atoms with E-state index in [-0.39, 0.29) is 24.8 Å². The number of carbonyl (C=O) groups excluding carboxylic acids is 2. The lowest BCUT2D eigenvalue weighted by atomic mass is 10.2. The van der Waals surface area contributed by atoms with Gasteiger partial charge in [0.2, 0.25) is 5.91 Å². The van der Waals surface area contributed by atoms with Crippen molar-refractivity contribution in [2.45, 2.75) is 13.3 Å². The van der Waals surface area contributed by atoms with Crippen LogP contribution in [0.25, 0.3) is 0 Å². The van der Waals surface area contributed by atoms with Crippen LogP contribution >= 0.6 is 23.2 Å². The first-order chi connectivity index (χ1) is 13.0. The van der Waals surface area contributed by atoms with Crippen molar-refractivity contribution in [3.63, 3.8) is 0 Å². The molecule has 27 heavy (non-hydrogen) atoms. The summed E-state index contributed by atoms with van der Waals surface area (Å²) in [4.78, 5) is 23.7. The van der Waals surface area contributed by atoms with Crippen LogP contribution in [0.4, 0.5) is 0 Å². The number of nitrogens with zero attached hydrogens (tertiary/aromatic N) is 1. The molecule has 0 aliphatic rings. The van der Waals surface area contributed by atoms with Crippen molar-refractivity contribution >= 4 is 41.2 Å². The van der Waals surface area contributed by atoms with E-state index in [2.05, 4.69) is 15.8 Å². The van der Waals surface area contributed by atoms with Crippen molar-refractivity contribution in [3.8, 4) is 5.75 Å². The first-order valence-electron chi connectivity index (χ1n) is 8.27. The zero-order valence-corrected chi connectivity index (χ0v) is 16.2. The maximum Gasteiger partial charge on any atom is 0.251 e. The van der Waals surface area contributed by atoms with Crippen molar-refractivity contribution in [1.82, 2.24) is 10.7 Å². The highest BCUT2D eigenvalue weighted by Crippen LogP contribution is 2.22. The van der Waals surface area contributed by atoms with Crippen molar-refractivity contribution in [2.24, 2.45) is 5.10 Å². The van der Waals surface area contributed by atoms with Crippen LogP contribution in [-0.4, -0.2) is 31.2 Å². The fourth-order valence-corrected chi connectivity index (χ4v) is 2.38. The molecule has 2 rings (SSSR count). The normalized spacial score (nSPS) is 10.6. The van der Waals surface area contributed by atoms with Gasteiger partial charge in [0.25, 0.3) is 5.91 Å². The summed E-state index contributed by atoms with van der Waals surface area (Å²) in [5.41, 5.74) is 3.61. The van der Waals surface area contributed by atoms with Crippen molar-refractivity contribution < 1.29 is 14.3 Å². The summed E-state index contributed by atoms with van der Waals surface area (Å²) in [6, 6.07) is 11.9. The molecule has 0 aliphatic carbocycles. The van der Waals surface area contributed by atoms with Gasteiger partial charge in [0.05, 0.1) is 22.9 Å². The van der Waals surface area contributed by atoms with Gasteiger partial charge in [-0.2, -0.15) is 5.10 Å². The molecule has 2 N–H and O–H groups in total. The van der Waals surface area contributed by atoms with Crippen LogP contribution < -0.4 is 15.5 Å². The Labute approximate surface area is 167 Å². The summed E-state index contributed by atoms with van der Waals surface area (Å²) in [5, 5.41) is 7.19. The molecule has 0 aliphatic heterocycles. The molecule has 0 spiro atoms. The molecule has 0 saturated heterocycles. The minimum Gasteiger partial charge on any atom is -0.494 e. The SMILES string of the molecule is CCOc1ccc(C=NNC(=O)CCNC(=O)c2ccc(Cl)c(Cl)c2)cc1. The van der Waals surface area contributed by atoms with Crippen LogP contribution in [0.5, 0.6) is 5.75 Å². The van der Waals surface area contributed by atoms with E-state index in [0.717, 1.165) is 11.3 Å². The number of rotatable bonds is 8. The van der Waals surface area contributed by atoms with Gasteiger partial charge in [-0.3, -0.25) is 9.59 Å². The zero-order valence-electron chi connectivity index (χ0n) is 14.7. The third-order valence-corrected chi connectivity index (χ3v) is 4.15. The summed E-state index contributed by atoms with van der Waals surface area (Å²) in [6.07, 6.45) is 1.62. The molecule has 2 amide bonds. The highest BCUT2D eigenvalue weighted by Gasteiger charge is 2.08. The van der Waals surface area contributed by atoms with Gasteiger partial charge in [-0.15, -0.1) is 0 Å². The molecular weight excluding hydrogens is 389 g/mol. The number of ether oxygens (including phenoxy) is 1. The van der Waals surface area contributed by atoms with E-state index >= 15 is 0 Å². The summed E-state index contributed by atoms with van der Waals surface area (Å²) in [5.74, 6) is 0.127. The van der Waals surface area contributed by atoms with Gasteiger partial charge in [0, 0.05) is 18.5 Å². The molecule has 8 heteroatoms. The molecule has 0 bridgehead atoms. The predicted octanol–water partition coefficient (Wildman–Crippen LogP) is 3.66. The van der Waals surface area contributed by atoms with E-state index in [4.69, 9.17) is 27.9 Å². The van der Waals surface area contributed by atoms with Gasteiger partial charge >= 0.3 is 0 Å². The second kappa shape index (κ2) is 10.5. The van der Waals surface area contributed by atoms with Crippen molar-refractivity contribution in [3.05, 3.63) is 63.6 Å². The molecule has 2 aromatic rings. The average Bonchev–Trinajstić information content (AvgIpc) is 2.65. The van der Waals surface area contributed by atoms with E-state index in [1.807, 2.05) is 31.2 Å². The van der Waals surface area contributed by atoms with Crippen LogP contribution in [0.15, 0.2) is 47.6 Å². The number of hydrogen-bond donors (Lipinski definition) is 2. The predicted molar refractivity (Wildman–Crippen MR) is 107 cm³/mol. The monoisotopic (exact) mass is 407 g/mol. The largest absolute Gasteiger partial charge is 0.494 e. The van der Waals surface area contributed by atoms with E-state index in [9.17, 15) is 9.59 Å². The number of hydrazone groups is 1. The van der Waals surface area contributed by atoms with E-state index < -0.39 is 0 Å². The van der Waals surface area contributed by atoms with Gasteiger partial charge < -0.3 is 10.1 Å². The Morgan fingerprint density at radius 1 is 1.11 bits per heavy atom. The lowest BCUT2D eigenvalue weighted by Gasteiger charge is -2.05. The van der Waals surface area contributed by atoms with Gasteiger partial charge in [-0.05, 0) is 55.0 Å². The standard InChI is InChI=1S/C19H19Cl2N3O3/c1-2-27-15-6-3-13(4-7-15)12-23-24-18(25)9-10-22-19(26)14-5-8-16(20)17(21)11-14/h3-8,11-12H,2,9-10H2,1H3,(H,22,26)(H,24,25). The topological polar surface area (TPSA) is 79.8 Å². The Morgan fingerprint density at radius 3 is 2.52 bits per heavy atom. The molecule has 0 fully saturated rings. The molecule has 6 nitrogen and oxygen atoms in total. The molecule has 0 saturated carbocycles. The van der Waals surface area contributed by atoms with Crippen LogP contribution in [0, 0.1) is 0 Å². The number of benzene rings is 2. The molecule has 0 atom stereocenters. The summed E-state index contributed by atoms with van der Waals surface area (Å²) < 4.78 is 5.35. The summed E-state index contributed by atoms with van der Waals surface area (Å²) >= 11 is 11.7. The summed E-state index contributed by atoms with van der Waals surface area (Å²) in [6.45, 7) is 2.69. The maximum absolute atomic E-state index is 12.0. The highest BCUT2D eigenvalue weighted by atomic mass is 35.5. The Balaban J connectivity index is 1.72. The molecule has 2 aromatic carbocycles. The van der Waals surface area contributed by atoms with Crippen LogP contribution in [0.2, 0.25) is 10.0 Å². The fraction of sp³-hybridized carbons (Fsp3) is 0.211. The second-order valence-electron chi connectivity index (χ2n) is 5.43. The molecule has 0 unspecified atom stereocenters. The molecule has 0 radical (unpaired) electrons. The Kier molecular flexibility index (Phi) is 8.10. The van der Waals surface area contributed by atoms with Gasteiger partial charge in [0.1, 0.15) is 5.75 Å². The molecule has 0 aromatic heterocycles. The third kappa shape index (κ3) is 6.92. The minimum atomic E-state index is -0.334. The summed E-state index contributed by atoms with van der Waals surface area (Å²) in [7, 11) is 0. The smallest absolute Gasteiger partial charge is 0.251 e. The van der Waals surface area contributed by atoms with E-state index in [1.54, 1.807) is 12.1 Å². The van der Waals surface area contributed by atoms with Gasteiger partial charge in [-0.1, -0.05) is 23.2 Å². The van der Waals surface area contributed by atoms with Crippen LogP contribution in [-0.2, 0) is 4.79 Å². The Morgan fingerprint density at radius 2 is 1.85 bits per heavy atom. The van der Waals surface area contributed by atoms with Crippen LogP contribution in [0.1, 0.15) is 29.3 Å². The van der Waals surface area contributed by atoms with Crippen LogP contribution in [0.3, 0.4) is 0 Å². The Hall–Kier alpha value is -2.57. The quantitative estimate of drug-likeness (QED) is 0.517. The minimum absolute atomic E-state index is 0.0910. The first-order valence-corrected chi connectivity index (χ1v) is 9.03. The maximum atomic E-state index is 12.0. The van der Waals surface area contributed by atoms with Crippen molar-refractivity contribution in [2.75, 3.05) is 13.2 Å². The number of halogens is 2. The highest BCUT2D eigenvalue weighted by molar-refractivity contribution is 6.42. The van der Waals surface area contributed by atoms with Crippen molar-refractivity contribution in [1.29, 1.82) is 0 Å². The molecule has 142 valence electrons. The molecular formula is C19H19Cl2N3O3. The number of carbonyl (C=O) groups is 2. The van der Waals surface area contributed by atoms with Gasteiger partial charge in [-0.25, -0.2) is 5.43 Å².